The average molecular weight is 449 g/mol. The van der Waals surface area contributed by atoms with Gasteiger partial charge >= 0.3 is 0 Å². The Morgan fingerprint density at radius 1 is 0.794 bits per heavy atom. The van der Waals surface area contributed by atoms with Crippen molar-refractivity contribution in [1.82, 2.24) is 4.57 Å². The van der Waals surface area contributed by atoms with Gasteiger partial charge in [-0.05, 0) is 61.4 Å². The lowest BCUT2D eigenvalue weighted by atomic mass is 10.1. The Bertz CT molecular complexity index is 1380. The van der Waals surface area contributed by atoms with Crippen LogP contribution in [0, 0.1) is 11.8 Å². The molecule has 2 N–H and O–H groups in total. The van der Waals surface area contributed by atoms with Gasteiger partial charge in [0.1, 0.15) is 5.58 Å². The van der Waals surface area contributed by atoms with Crippen molar-refractivity contribution in [2.24, 2.45) is 11.8 Å². The van der Waals surface area contributed by atoms with Gasteiger partial charge in [0.25, 0.3) is 0 Å². The van der Waals surface area contributed by atoms with Crippen LogP contribution in [0.15, 0.2) is 108 Å². The standard InChI is InChI=1S/C15H11NO.C8H7NO.C7H10/c17-11-14-10-12-6-4-5-9-15(12)16(14)13-7-2-1-3-8-13;9-8-5-6-3-1-2-4-7(6)10-8;1-2-7-4-3-6(1)5-7/h1-11H;1-5H,9H2;1-2,6-7H,3-5H2. The van der Waals surface area contributed by atoms with Gasteiger partial charge in [-0.3, -0.25) is 4.79 Å². The fraction of sp³-hybridized carbons (Fsp3) is 0.167. The zero-order chi connectivity index (χ0) is 23.3. The van der Waals surface area contributed by atoms with Crippen molar-refractivity contribution >= 4 is 34.0 Å². The quantitative estimate of drug-likeness (QED) is 0.226. The molecule has 4 nitrogen and oxygen atoms in total. The number of anilines is 1. The first-order valence-electron chi connectivity index (χ1n) is 11.7. The highest BCUT2D eigenvalue weighted by Gasteiger charge is 2.25. The predicted octanol–water partition coefficient (Wildman–Crippen LogP) is 7.43. The molecule has 2 aromatic heterocycles. The summed E-state index contributed by atoms with van der Waals surface area (Å²) in [6.07, 6.45) is 10.1. The summed E-state index contributed by atoms with van der Waals surface area (Å²) in [5.74, 6) is 2.45. The first-order valence-corrected chi connectivity index (χ1v) is 11.7. The molecule has 0 aliphatic heterocycles. The molecule has 4 heteroatoms. The van der Waals surface area contributed by atoms with Gasteiger partial charge in [-0.1, -0.05) is 66.7 Å². The molecule has 0 saturated heterocycles. The lowest BCUT2D eigenvalue weighted by Gasteiger charge is -2.06. The molecule has 2 heterocycles. The highest BCUT2D eigenvalue weighted by molar-refractivity contribution is 5.90. The summed E-state index contributed by atoms with van der Waals surface area (Å²) in [5.41, 5.74) is 9.02. The Balaban J connectivity index is 0.000000119. The van der Waals surface area contributed by atoms with Crippen LogP contribution in [0.2, 0.25) is 0 Å². The van der Waals surface area contributed by atoms with E-state index < -0.39 is 0 Å². The number of hydrogen-bond acceptors (Lipinski definition) is 3. The van der Waals surface area contributed by atoms with Crippen LogP contribution in [0.1, 0.15) is 29.8 Å². The minimum atomic E-state index is 0.473. The van der Waals surface area contributed by atoms with Crippen molar-refractivity contribution in [2.45, 2.75) is 19.3 Å². The van der Waals surface area contributed by atoms with Crippen LogP contribution in [-0.2, 0) is 0 Å². The third-order valence-electron chi connectivity index (χ3n) is 6.49. The third-order valence-corrected chi connectivity index (χ3v) is 6.49. The van der Waals surface area contributed by atoms with E-state index in [4.69, 9.17) is 10.2 Å². The lowest BCUT2D eigenvalue weighted by Crippen LogP contribution is -1.97. The van der Waals surface area contributed by atoms with Crippen LogP contribution in [0.3, 0.4) is 0 Å². The SMILES string of the molecule is C1=CC2CCC1C2.Nc1cc2ccccc2o1.O=Cc1cc2ccccc2n1-c1ccccc1. The molecule has 0 spiro atoms. The van der Waals surface area contributed by atoms with Gasteiger partial charge in [-0.25, -0.2) is 0 Å². The molecule has 2 aliphatic rings. The minimum absolute atomic E-state index is 0.473. The number of rotatable bonds is 2. The van der Waals surface area contributed by atoms with E-state index in [2.05, 4.69) is 12.2 Å². The van der Waals surface area contributed by atoms with Crippen molar-refractivity contribution in [3.05, 3.63) is 109 Å². The van der Waals surface area contributed by atoms with Gasteiger partial charge in [0.15, 0.2) is 12.2 Å². The largest absolute Gasteiger partial charge is 0.441 e. The number of nitrogens with zero attached hydrogens (tertiary/aromatic N) is 1. The summed E-state index contributed by atoms with van der Waals surface area (Å²) < 4.78 is 7.12. The summed E-state index contributed by atoms with van der Waals surface area (Å²) in [7, 11) is 0. The summed E-state index contributed by atoms with van der Waals surface area (Å²) in [4.78, 5) is 11.1. The number of carbonyl (C=O) groups excluding carboxylic acids is 1. The van der Waals surface area contributed by atoms with Crippen molar-refractivity contribution in [3.8, 4) is 5.69 Å². The Labute approximate surface area is 199 Å². The Hall–Kier alpha value is -4.05. The second-order valence-corrected chi connectivity index (χ2v) is 8.82. The molecule has 5 aromatic rings. The number of nitrogens with two attached hydrogens (primary N) is 1. The van der Waals surface area contributed by atoms with Gasteiger partial charge < -0.3 is 14.7 Å². The second-order valence-electron chi connectivity index (χ2n) is 8.82. The first-order chi connectivity index (χ1) is 16.7. The molecule has 2 atom stereocenters. The van der Waals surface area contributed by atoms with E-state index in [0.717, 1.165) is 45.7 Å². The number of fused-ring (bicyclic) bond motifs is 4. The maximum absolute atomic E-state index is 11.1. The molecule has 1 fully saturated rings. The van der Waals surface area contributed by atoms with Crippen LogP contribution in [0.4, 0.5) is 5.88 Å². The lowest BCUT2D eigenvalue weighted by molar-refractivity contribution is 0.111. The Morgan fingerprint density at radius 3 is 2.06 bits per heavy atom. The molecule has 7 rings (SSSR count). The highest BCUT2D eigenvalue weighted by atomic mass is 16.3. The van der Waals surface area contributed by atoms with Gasteiger partial charge in [0.05, 0.1) is 11.2 Å². The number of para-hydroxylation sites is 3. The molecule has 170 valence electrons. The van der Waals surface area contributed by atoms with E-state index in [1.807, 2.05) is 95.6 Å². The number of hydrogen-bond donors (Lipinski definition) is 1. The molecule has 0 amide bonds. The van der Waals surface area contributed by atoms with Crippen LogP contribution in [0.5, 0.6) is 0 Å². The fourth-order valence-corrected chi connectivity index (χ4v) is 4.85. The molecular formula is C30H28N2O2. The van der Waals surface area contributed by atoms with E-state index in [0.29, 0.717) is 11.6 Å². The number of allylic oxidation sites excluding steroid dienone is 2. The van der Waals surface area contributed by atoms with E-state index in [1.165, 1.54) is 19.3 Å². The molecule has 2 aliphatic carbocycles. The maximum atomic E-state index is 11.1. The van der Waals surface area contributed by atoms with Crippen LogP contribution in [0.25, 0.3) is 27.6 Å². The Morgan fingerprint density at radius 2 is 1.44 bits per heavy atom. The molecule has 2 unspecified atom stereocenters. The van der Waals surface area contributed by atoms with E-state index in [1.54, 1.807) is 0 Å². The van der Waals surface area contributed by atoms with Crippen LogP contribution in [-0.4, -0.2) is 10.9 Å². The second kappa shape index (κ2) is 9.84. The van der Waals surface area contributed by atoms with Crippen LogP contribution >= 0.6 is 0 Å². The maximum Gasteiger partial charge on any atom is 0.191 e. The van der Waals surface area contributed by atoms with E-state index in [9.17, 15) is 4.79 Å². The summed E-state index contributed by atoms with van der Waals surface area (Å²) in [6, 6.07) is 29.4. The number of benzene rings is 3. The zero-order valence-electron chi connectivity index (χ0n) is 19.0. The van der Waals surface area contributed by atoms with Crippen molar-refractivity contribution in [2.75, 3.05) is 5.73 Å². The van der Waals surface area contributed by atoms with Gasteiger partial charge in [0.2, 0.25) is 0 Å². The average Bonchev–Trinajstić information content (AvgIpc) is 3.67. The molecule has 34 heavy (non-hydrogen) atoms. The highest BCUT2D eigenvalue weighted by Crippen LogP contribution is 2.38. The van der Waals surface area contributed by atoms with E-state index in [-0.39, 0.29) is 0 Å². The number of carbonyl (C=O) groups is 1. The van der Waals surface area contributed by atoms with Gasteiger partial charge in [-0.15, -0.1) is 0 Å². The van der Waals surface area contributed by atoms with Crippen LogP contribution < -0.4 is 5.73 Å². The van der Waals surface area contributed by atoms with Crippen molar-refractivity contribution < 1.29 is 9.21 Å². The zero-order valence-corrected chi connectivity index (χ0v) is 19.0. The number of aromatic nitrogens is 1. The van der Waals surface area contributed by atoms with Gasteiger partial charge in [-0.2, -0.15) is 0 Å². The fourth-order valence-electron chi connectivity index (χ4n) is 4.85. The smallest absolute Gasteiger partial charge is 0.191 e. The van der Waals surface area contributed by atoms with Gasteiger partial charge in [0, 0.05) is 22.5 Å². The molecular weight excluding hydrogens is 420 g/mol. The first kappa shape index (κ1) is 21.8. The molecule has 3 aromatic carbocycles. The minimum Gasteiger partial charge on any atom is -0.441 e. The third kappa shape index (κ3) is 4.67. The van der Waals surface area contributed by atoms with Crippen molar-refractivity contribution in [1.29, 1.82) is 0 Å². The summed E-state index contributed by atoms with van der Waals surface area (Å²) in [5, 5.41) is 2.14. The molecule has 2 bridgehead atoms. The number of aldehydes is 1. The van der Waals surface area contributed by atoms with E-state index >= 15 is 0 Å². The number of furan rings is 1. The summed E-state index contributed by atoms with van der Waals surface area (Å²) >= 11 is 0. The Kier molecular flexibility index (Phi) is 6.30. The normalized spacial score (nSPS) is 17.8. The summed E-state index contributed by atoms with van der Waals surface area (Å²) in [6.45, 7) is 0. The molecule has 0 radical (unpaired) electrons. The number of nitrogen functional groups attached to an aromatic ring is 1. The monoisotopic (exact) mass is 448 g/mol. The van der Waals surface area contributed by atoms with Crippen molar-refractivity contribution in [3.63, 3.8) is 0 Å². The topological polar surface area (TPSA) is 61.2 Å². The predicted molar refractivity (Wildman–Crippen MR) is 139 cm³/mol. The molecule has 1 saturated carbocycles.